The Bertz CT molecular complexity index is 537. The highest BCUT2D eigenvalue weighted by Crippen LogP contribution is 2.37. The molecule has 1 saturated heterocycles. The molecule has 4 rings (SSSR count). The summed E-state index contributed by atoms with van der Waals surface area (Å²) in [4.78, 5) is 0. The lowest BCUT2D eigenvalue weighted by atomic mass is 9.76. The van der Waals surface area contributed by atoms with Crippen LogP contribution in [0.25, 0.3) is 0 Å². The summed E-state index contributed by atoms with van der Waals surface area (Å²) in [6, 6.07) is 1.91. The second kappa shape index (κ2) is 10.3. The topological polar surface area (TPSA) is 24.1 Å². The van der Waals surface area contributed by atoms with E-state index in [-0.39, 0.29) is 0 Å². The molecule has 2 nitrogen and oxygen atoms in total. The van der Waals surface area contributed by atoms with Crippen LogP contribution in [0.3, 0.4) is 0 Å². The summed E-state index contributed by atoms with van der Waals surface area (Å²) in [5.41, 5.74) is 3.26. The van der Waals surface area contributed by atoms with E-state index in [1.54, 1.807) is 11.3 Å². The Kier molecular flexibility index (Phi) is 7.56. The van der Waals surface area contributed by atoms with Gasteiger partial charge in [-0.2, -0.15) is 0 Å². The number of hydrogen-bond donors (Lipinski definition) is 2. The Morgan fingerprint density at radius 2 is 1.36 bits per heavy atom. The van der Waals surface area contributed by atoms with Gasteiger partial charge in [-0.15, -0.1) is 0 Å². The molecule has 2 N–H and O–H groups in total. The normalized spacial score (nSPS) is 34.1. The highest BCUT2D eigenvalue weighted by atomic mass is 15.0. The summed E-state index contributed by atoms with van der Waals surface area (Å²) < 4.78 is 0. The smallest absolute Gasteiger partial charge is 0.0341 e. The van der Waals surface area contributed by atoms with E-state index in [0.717, 1.165) is 12.0 Å². The van der Waals surface area contributed by atoms with Gasteiger partial charge in [0.05, 0.1) is 0 Å². The van der Waals surface area contributed by atoms with Crippen molar-refractivity contribution in [3.8, 4) is 0 Å². The van der Waals surface area contributed by atoms with Crippen molar-refractivity contribution in [3.05, 3.63) is 23.4 Å². The van der Waals surface area contributed by atoms with Gasteiger partial charge in [0.1, 0.15) is 0 Å². The van der Waals surface area contributed by atoms with E-state index in [1.165, 1.54) is 103 Å². The Balaban J connectivity index is 1.56. The minimum absolute atomic E-state index is 0.543. The van der Waals surface area contributed by atoms with Crippen molar-refractivity contribution < 1.29 is 0 Å². The zero-order valence-corrected chi connectivity index (χ0v) is 18.4. The molecule has 3 atom stereocenters. The van der Waals surface area contributed by atoms with Crippen LogP contribution in [0.5, 0.6) is 0 Å². The highest BCUT2D eigenvalue weighted by Gasteiger charge is 2.32. The summed E-state index contributed by atoms with van der Waals surface area (Å²) in [5.74, 6) is 1.47. The lowest BCUT2D eigenvalue weighted by Gasteiger charge is -2.39. The van der Waals surface area contributed by atoms with Gasteiger partial charge >= 0.3 is 0 Å². The molecule has 2 saturated carbocycles. The Labute approximate surface area is 174 Å². The van der Waals surface area contributed by atoms with E-state index in [1.807, 2.05) is 0 Å². The minimum Gasteiger partial charge on any atom is -0.385 e. The second-order valence-electron chi connectivity index (χ2n) is 10.3. The van der Waals surface area contributed by atoms with Crippen LogP contribution < -0.4 is 10.6 Å². The van der Waals surface area contributed by atoms with E-state index in [9.17, 15) is 0 Å². The van der Waals surface area contributed by atoms with Crippen molar-refractivity contribution >= 4 is 0 Å². The van der Waals surface area contributed by atoms with Crippen molar-refractivity contribution in [1.29, 1.82) is 0 Å². The van der Waals surface area contributed by atoms with Crippen LogP contribution in [0.1, 0.15) is 110 Å². The van der Waals surface area contributed by atoms with Gasteiger partial charge < -0.3 is 10.6 Å². The zero-order chi connectivity index (χ0) is 19.2. The standard InChI is InChI=1S/C26H44N2/c1-20-12-6-2-3-11-17-24-25(27-20)18-22(21-13-7-4-8-14-21)19-26(24)28-23-15-9-5-10-16-23/h18-21,23-25,27-28H,2-17H2,1H3. The van der Waals surface area contributed by atoms with E-state index < -0.39 is 0 Å². The van der Waals surface area contributed by atoms with Gasteiger partial charge in [-0.3, -0.25) is 0 Å². The second-order valence-corrected chi connectivity index (χ2v) is 10.3. The van der Waals surface area contributed by atoms with Gasteiger partial charge in [-0.1, -0.05) is 70.3 Å². The molecule has 1 heterocycles. The fourth-order valence-electron chi connectivity index (χ4n) is 6.25. The SMILES string of the molecule is CC1CCCCCCC2C(NC3CCCCC3)=CC(C3CCCCC3)=CC2N1. The van der Waals surface area contributed by atoms with Gasteiger partial charge in [-0.25, -0.2) is 0 Å². The first kappa shape index (κ1) is 20.5. The lowest BCUT2D eigenvalue weighted by molar-refractivity contribution is 0.311. The molecule has 0 aromatic carbocycles. The van der Waals surface area contributed by atoms with Gasteiger partial charge in [0, 0.05) is 29.7 Å². The molecule has 28 heavy (non-hydrogen) atoms. The molecule has 0 radical (unpaired) electrons. The van der Waals surface area contributed by atoms with Gasteiger partial charge in [0.2, 0.25) is 0 Å². The first-order chi connectivity index (χ1) is 13.8. The van der Waals surface area contributed by atoms with Crippen LogP contribution in [-0.2, 0) is 0 Å². The Morgan fingerprint density at radius 1 is 0.750 bits per heavy atom. The van der Waals surface area contributed by atoms with Crippen LogP contribution in [0, 0.1) is 11.8 Å². The molecule has 0 spiro atoms. The van der Waals surface area contributed by atoms with Crippen molar-refractivity contribution in [2.45, 2.75) is 128 Å². The number of allylic oxidation sites excluding steroid dienone is 2. The van der Waals surface area contributed by atoms with Crippen LogP contribution >= 0.6 is 0 Å². The van der Waals surface area contributed by atoms with Crippen molar-refractivity contribution in [3.63, 3.8) is 0 Å². The van der Waals surface area contributed by atoms with Gasteiger partial charge in [0.25, 0.3) is 0 Å². The molecular formula is C26H44N2. The third kappa shape index (κ3) is 5.43. The quantitative estimate of drug-likeness (QED) is 0.570. The highest BCUT2D eigenvalue weighted by molar-refractivity contribution is 5.35. The number of rotatable bonds is 3. The summed E-state index contributed by atoms with van der Waals surface area (Å²) in [7, 11) is 0. The molecule has 0 amide bonds. The molecule has 0 aromatic rings. The number of fused-ring (bicyclic) bond motifs is 1. The molecule has 3 unspecified atom stereocenters. The predicted octanol–water partition coefficient (Wildman–Crippen LogP) is 6.63. The zero-order valence-electron chi connectivity index (χ0n) is 18.4. The van der Waals surface area contributed by atoms with Crippen molar-refractivity contribution in [1.82, 2.24) is 10.6 Å². The van der Waals surface area contributed by atoms with Gasteiger partial charge in [-0.05, 0) is 63.0 Å². The maximum Gasteiger partial charge on any atom is 0.0341 e. The van der Waals surface area contributed by atoms with E-state index in [2.05, 4.69) is 29.7 Å². The summed E-state index contributed by atoms with van der Waals surface area (Å²) >= 11 is 0. The molecule has 158 valence electrons. The van der Waals surface area contributed by atoms with Crippen LogP contribution in [0.4, 0.5) is 0 Å². The molecule has 3 aliphatic carbocycles. The molecule has 2 heteroatoms. The summed E-state index contributed by atoms with van der Waals surface area (Å²) in [6.45, 7) is 2.42. The monoisotopic (exact) mass is 384 g/mol. The van der Waals surface area contributed by atoms with Crippen LogP contribution in [0.15, 0.2) is 23.4 Å². The molecule has 1 aliphatic heterocycles. The van der Waals surface area contributed by atoms with E-state index in [0.29, 0.717) is 18.0 Å². The Morgan fingerprint density at radius 3 is 2.11 bits per heavy atom. The third-order valence-electron chi connectivity index (χ3n) is 7.96. The lowest BCUT2D eigenvalue weighted by Crippen LogP contribution is -2.46. The predicted molar refractivity (Wildman–Crippen MR) is 120 cm³/mol. The third-order valence-corrected chi connectivity index (χ3v) is 7.96. The summed E-state index contributed by atoms with van der Waals surface area (Å²) in [5, 5.41) is 8.17. The Hall–Kier alpha value is -0.760. The van der Waals surface area contributed by atoms with Crippen molar-refractivity contribution in [2.24, 2.45) is 11.8 Å². The molecule has 0 aromatic heterocycles. The fourth-order valence-corrected chi connectivity index (χ4v) is 6.25. The average Bonchev–Trinajstić information content (AvgIpc) is 2.73. The fraction of sp³-hybridized carbons (Fsp3) is 0.846. The maximum atomic E-state index is 4.11. The average molecular weight is 385 g/mol. The molecule has 3 fully saturated rings. The van der Waals surface area contributed by atoms with Crippen LogP contribution in [0.2, 0.25) is 0 Å². The number of nitrogens with one attached hydrogen (secondary N) is 2. The maximum absolute atomic E-state index is 4.11. The van der Waals surface area contributed by atoms with Gasteiger partial charge in [0.15, 0.2) is 0 Å². The van der Waals surface area contributed by atoms with E-state index >= 15 is 0 Å². The summed E-state index contributed by atoms with van der Waals surface area (Å²) in [6.07, 6.45) is 27.8. The minimum atomic E-state index is 0.543. The van der Waals surface area contributed by atoms with E-state index in [4.69, 9.17) is 0 Å². The molecule has 0 bridgehead atoms. The largest absolute Gasteiger partial charge is 0.385 e. The van der Waals surface area contributed by atoms with Crippen molar-refractivity contribution in [2.75, 3.05) is 0 Å². The number of hydrogen-bond acceptors (Lipinski definition) is 2. The van der Waals surface area contributed by atoms with Crippen LogP contribution in [-0.4, -0.2) is 18.1 Å². The first-order valence-corrected chi connectivity index (χ1v) is 12.8. The first-order valence-electron chi connectivity index (χ1n) is 12.8. The molecular weight excluding hydrogens is 340 g/mol. The molecule has 4 aliphatic rings.